The molecule has 2 aliphatic heterocycles. The fourth-order valence-corrected chi connectivity index (χ4v) is 3.96. The molecule has 2 aliphatic rings. The van der Waals surface area contributed by atoms with Gasteiger partial charge < -0.3 is 4.40 Å². The molecule has 0 saturated carbocycles. The molecule has 0 aromatic carbocycles. The Kier molecular flexibility index (Phi) is 4.30. The first-order chi connectivity index (χ1) is 13.3. The SMILES string of the molecule is C1=NCC=C1c1ccc2nc(Cc3cc(CN4CCCC4)ccn3)cn2c1. The van der Waals surface area contributed by atoms with Gasteiger partial charge in [-0.3, -0.25) is 14.9 Å². The molecule has 1 saturated heterocycles. The van der Waals surface area contributed by atoms with E-state index in [1.807, 2.05) is 12.4 Å². The van der Waals surface area contributed by atoms with E-state index >= 15 is 0 Å². The minimum atomic E-state index is 0.759. The van der Waals surface area contributed by atoms with Crippen molar-refractivity contribution in [2.45, 2.75) is 25.8 Å². The molecule has 5 heterocycles. The van der Waals surface area contributed by atoms with E-state index < -0.39 is 0 Å². The van der Waals surface area contributed by atoms with Gasteiger partial charge in [0.25, 0.3) is 0 Å². The van der Waals surface area contributed by atoms with Gasteiger partial charge in [0.15, 0.2) is 0 Å². The second-order valence-corrected chi connectivity index (χ2v) is 7.38. The van der Waals surface area contributed by atoms with Crippen LogP contribution in [0.15, 0.2) is 53.9 Å². The minimum Gasteiger partial charge on any atom is -0.306 e. The largest absolute Gasteiger partial charge is 0.306 e. The molecule has 0 aliphatic carbocycles. The highest BCUT2D eigenvalue weighted by atomic mass is 15.1. The molecule has 5 heteroatoms. The van der Waals surface area contributed by atoms with Crippen LogP contribution in [0.1, 0.15) is 35.4 Å². The standard InChI is InChI=1S/C22H23N5/c1-2-10-26(9-1)14-17-5-8-24-20(11-17)12-21-16-27-15-19(3-4-22(27)25-21)18-6-7-23-13-18/h3-6,8,11,13,15-16H,1-2,7,9-10,12,14H2. The second-order valence-electron chi connectivity index (χ2n) is 7.38. The zero-order chi connectivity index (χ0) is 18.1. The van der Waals surface area contributed by atoms with E-state index in [1.54, 1.807) is 0 Å². The molecule has 27 heavy (non-hydrogen) atoms. The zero-order valence-electron chi connectivity index (χ0n) is 15.4. The van der Waals surface area contributed by atoms with Crippen molar-refractivity contribution in [2.75, 3.05) is 19.6 Å². The van der Waals surface area contributed by atoms with Crippen LogP contribution in [0.4, 0.5) is 0 Å². The Morgan fingerprint density at radius 1 is 1.00 bits per heavy atom. The lowest BCUT2D eigenvalue weighted by atomic mass is 10.1. The summed E-state index contributed by atoms with van der Waals surface area (Å²) in [6, 6.07) is 8.55. The number of likely N-dealkylation sites (tertiary alicyclic amines) is 1. The van der Waals surface area contributed by atoms with E-state index in [1.165, 1.54) is 42.6 Å². The van der Waals surface area contributed by atoms with E-state index in [2.05, 4.69) is 62.0 Å². The maximum Gasteiger partial charge on any atom is 0.137 e. The predicted octanol–water partition coefficient (Wildman–Crippen LogP) is 3.38. The Labute approximate surface area is 159 Å². The van der Waals surface area contributed by atoms with Crippen molar-refractivity contribution < 1.29 is 0 Å². The third-order valence-electron chi connectivity index (χ3n) is 5.33. The molecule has 1 fully saturated rings. The van der Waals surface area contributed by atoms with Crippen molar-refractivity contribution >= 4 is 17.4 Å². The van der Waals surface area contributed by atoms with Crippen molar-refractivity contribution in [1.29, 1.82) is 0 Å². The van der Waals surface area contributed by atoms with E-state index in [-0.39, 0.29) is 0 Å². The number of nitrogens with zero attached hydrogens (tertiary/aromatic N) is 5. The number of hydrogen-bond donors (Lipinski definition) is 0. The highest BCUT2D eigenvalue weighted by molar-refractivity contribution is 6.11. The summed E-state index contributed by atoms with van der Waals surface area (Å²) in [7, 11) is 0. The molecule has 136 valence electrons. The quantitative estimate of drug-likeness (QED) is 0.703. The third kappa shape index (κ3) is 3.55. The molecule has 3 aromatic rings. The van der Waals surface area contributed by atoms with E-state index in [0.29, 0.717) is 0 Å². The summed E-state index contributed by atoms with van der Waals surface area (Å²) in [5, 5.41) is 0. The van der Waals surface area contributed by atoms with Gasteiger partial charge in [-0.1, -0.05) is 6.08 Å². The highest BCUT2D eigenvalue weighted by Crippen LogP contribution is 2.18. The minimum absolute atomic E-state index is 0.759. The van der Waals surface area contributed by atoms with Gasteiger partial charge in [-0.05, 0) is 66.9 Å². The molecule has 0 radical (unpaired) electrons. The zero-order valence-corrected chi connectivity index (χ0v) is 15.4. The van der Waals surface area contributed by atoms with Crippen molar-refractivity contribution in [3.8, 4) is 0 Å². The lowest BCUT2D eigenvalue weighted by molar-refractivity contribution is 0.331. The normalized spacial score (nSPS) is 17.1. The van der Waals surface area contributed by atoms with Gasteiger partial charge in [-0.25, -0.2) is 4.98 Å². The molecule has 0 unspecified atom stereocenters. The number of imidazole rings is 1. The van der Waals surface area contributed by atoms with Crippen molar-refractivity contribution in [1.82, 2.24) is 19.3 Å². The lowest BCUT2D eigenvalue weighted by Gasteiger charge is -2.14. The molecule has 0 amide bonds. The molecule has 3 aromatic heterocycles. The number of allylic oxidation sites excluding steroid dienone is 1. The smallest absolute Gasteiger partial charge is 0.137 e. The van der Waals surface area contributed by atoms with Gasteiger partial charge in [0, 0.05) is 43.5 Å². The van der Waals surface area contributed by atoms with Crippen LogP contribution in [-0.2, 0) is 13.0 Å². The fraction of sp³-hybridized carbons (Fsp3) is 0.318. The number of rotatable bonds is 5. The highest BCUT2D eigenvalue weighted by Gasteiger charge is 2.12. The first kappa shape index (κ1) is 16.4. The van der Waals surface area contributed by atoms with Gasteiger partial charge in [0.05, 0.1) is 12.2 Å². The second kappa shape index (κ2) is 7.08. The summed E-state index contributed by atoms with van der Waals surface area (Å²) in [4.78, 5) is 16.1. The molecular weight excluding hydrogens is 334 g/mol. The fourth-order valence-electron chi connectivity index (χ4n) is 3.96. The monoisotopic (exact) mass is 357 g/mol. The van der Waals surface area contributed by atoms with Crippen LogP contribution < -0.4 is 0 Å². The van der Waals surface area contributed by atoms with Crippen molar-refractivity contribution in [3.63, 3.8) is 0 Å². The summed E-state index contributed by atoms with van der Waals surface area (Å²) in [6.07, 6.45) is 13.7. The van der Waals surface area contributed by atoms with Crippen LogP contribution in [0.25, 0.3) is 11.2 Å². The first-order valence-electron chi connectivity index (χ1n) is 9.68. The van der Waals surface area contributed by atoms with Gasteiger partial charge in [-0.2, -0.15) is 0 Å². The molecule has 0 bridgehead atoms. The average molecular weight is 357 g/mol. The molecule has 5 nitrogen and oxygen atoms in total. The molecular formula is C22H23N5. The number of pyridine rings is 2. The molecule has 5 rings (SSSR count). The molecule has 0 spiro atoms. The van der Waals surface area contributed by atoms with Gasteiger partial charge in [0.2, 0.25) is 0 Å². The number of aromatic nitrogens is 3. The van der Waals surface area contributed by atoms with Crippen LogP contribution in [0, 0.1) is 0 Å². The lowest BCUT2D eigenvalue weighted by Crippen LogP contribution is -2.18. The molecule has 0 atom stereocenters. The molecule has 0 N–H and O–H groups in total. The Bertz CT molecular complexity index is 1020. The van der Waals surface area contributed by atoms with Crippen molar-refractivity contribution in [3.05, 3.63) is 71.4 Å². The maximum absolute atomic E-state index is 4.77. The van der Waals surface area contributed by atoms with Crippen LogP contribution >= 0.6 is 0 Å². The Morgan fingerprint density at radius 3 is 2.78 bits per heavy atom. The summed E-state index contributed by atoms with van der Waals surface area (Å²) in [5.74, 6) is 0. The van der Waals surface area contributed by atoms with E-state index in [4.69, 9.17) is 4.98 Å². The van der Waals surface area contributed by atoms with Crippen LogP contribution in [0.3, 0.4) is 0 Å². The van der Waals surface area contributed by atoms with Crippen LogP contribution in [-0.4, -0.2) is 45.1 Å². The van der Waals surface area contributed by atoms with Gasteiger partial charge >= 0.3 is 0 Å². The van der Waals surface area contributed by atoms with Gasteiger partial charge in [-0.15, -0.1) is 0 Å². The Balaban J connectivity index is 1.35. The van der Waals surface area contributed by atoms with E-state index in [0.717, 1.165) is 36.5 Å². The Morgan fingerprint density at radius 2 is 1.93 bits per heavy atom. The van der Waals surface area contributed by atoms with Crippen LogP contribution in [0.2, 0.25) is 0 Å². The number of fused-ring (bicyclic) bond motifs is 1. The summed E-state index contributed by atoms with van der Waals surface area (Å²) in [6.45, 7) is 4.24. The van der Waals surface area contributed by atoms with Gasteiger partial charge in [0.1, 0.15) is 5.65 Å². The first-order valence-corrected chi connectivity index (χ1v) is 9.68. The summed E-state index contributed by atoms with van der Waals surface area (Å²) in [5.41, 5.74) is 6.81. The van der Waals surface area contributed by atoms with Crippen molar-refractivity contribution in [2.24, 2.45) is 4.99 Å². The third-order valence-corrected chi connectivity index (χ3v) is 5.33. The predicted molar refractivity (Wildman–Crippen MR) is 108 cm³/mol. The Hall–Kier alpha value is -2.79. The summed E-state index contributed by atoms with van der Waals surface area (Å²) >= 11 is 0. The number of hydrogen-bond acceptors (Lipinski definition) is 4. The van der Waals surface area contributed by atoms with E-state index in [9.17, 15) is 0 Å². The average Bonchev–Trinajstić information content (AvgIpc) is 3.43. The summed E-state index contributed by atoms with van der Waals surface area (Å²) < 4.78 is 2.10. The maximum atomic E-state index is 4.77. The topological polar surface area (TPSA) is 45.8 Å². The number of aliphatic imine (C=N–C) groups is 1. The van der Waals surface area contributed by atoms with Crippen LogP contribution in [0.5, 0.6) is 0 Å².